The van der Waals surface area contributed by atoms with Crippen molar-refractivity contribution in [1.29, 1.82) is 0 Å². The summed E-state index contributed by atoms with van der Waals surface area (Å²) in [7, 11) is 0. The Hall–Kier alpha value is -2.59. The average molecular weight is 298 g/mol. The van der Waals surface area contributed by atoms with Crippen LogP contribution in [0.5, 0.6) is 0 Å². The van der Waals surface area contributed by atoms with Crippen LogP contribution >= 0.6 is 11.6 Å². The molecule has 0 bridgehead atoms. The van der Waals surface area contributed by atoms with Gasteiger partial charge < -0.3 is 11.1 Å². The van der Waals surface area contributed by atoms with Crippen LogP contribution in [0.3, 0.4) is 0 Å². The van der Waals surface area contributed by atoms with Gasteiger partial charge in [-0.15, -0.1) is 0 Å². The molecule has 0 aliphatic carbocycles. The lowest BCUT2D eigenvalue weighted by Gasteiger charge is -2.10. The van der Waals surface area contributed by atoms with Crippen molar-refractivity contribution < 1.29 is 4.79 Å². The molecule has 0 aliphatic rings. The predicted molar refractivity (Wildman–Crippen MR) is 85.6 cm³/mol. The summed E-state index contributed by atoms with van der Waals surface area (Å²) in [6.45, 7) is 0. The summed E-state index contributed by atoms with van der Waals surface area (Å²) in [4.78, 5) is 16.5. The third-order valence-electron chi connectivity index (χ3n) is 3.16. The summed E-state index contributed by atoms with van der Waals surface area (Å²) in [6, 6.07) is 13.9. The number of anilines is 2. The molecule has 0 unspecified atom stereocenters. The first-order chi connectivity index (χ1) is 10.1. The minimum absolute atomic E-state index is 0.207. The van der Waals surface area contributed by atoms with E-state index in [1.807, 2.05) is 6.07 Å². The number of aromatic nitrogens is 1. The van der Waals surface area contributed by atoms with Gasteiger partial charge in [-0.1, -0.05) is 11.6 Å². The molecule has 1 aromatic heterocycles. The summed E-state index contributed by atoms with van der Waals surface area (Å²) in [5.74, 6) is -0.207. The molecule has 0 atom stereocenters. The highest BCUT2D eigenvalue weighted by atomic mass is 35.5. The molecule has 3 N–H and O–H groups in total. The Kier molecular flexibility index (Phi) is 3.46. The van der Waals surface area contributed by atoms with E-state index in [4.69, 9.17) is 17.3 Å². The fraction of sp³-hybridized carbons (Fsp3) is 0. The van der Waals surface area contributed by atoms with Crippen LogP contribution in [-0.4, -0.2) is 10.9 Å². The molecule has 1 amide bonds. The van der Waals surface area contributed by atoms with Gasteiger partial charge in [-0.05, 0) is 48.5 Å². The van der Waals surface area contributed by atoms with Crippen LogP contribution in [-0.2, 0) is 0 Å². The Balaban J connectivity index is 1.97. The number of hydrogen-bond acceptors (Lipinski definition) is 3. The van der Waals surface area contributed by atoms with Crippen molar-refractivity contribution >= 4 is 39.8 Å². The molecule has 3 aromatic rings. The molecule has 1 heterocycles. The van der Waals surface area contributed by atoms with Crippen LogP contribution in [0.4, 0.5) is 11.4 Å². The number of carbonyl (C=O) groups excluding carboxylic acids is 1. The lowest BCUT2D eigenvalue weighted by Crippen LogP contribution is -2.12. The quantitative estimate of drug-likeness (QED) is 0.708. The summed E-state index contributed by atoms with van der Waals surface area (Å²) >= 11 is 5.82. The van der Waals surface area contributed by atoms with Crippen molar-refractivity contribution in [2.24, 2.45) is 0 Å². The van der Waals surface area contributed by atoms with Crippen LogP contribution in [0, 0.1) is 0 Å². The van der Waals surface area contributed by atoms with Gasteiger partial charge in [0, 0.05) is 22.2 Å². The first kappa shape index (κ1) is 13.4. The second kappa shape index (κ2) is 5.42. The van der Waals surface area contributed by atoms with E-state index in [0.29, 0.717) is 27.5 Å². The minimum Gasteiger partial charge on any atom is -0.397 e. The molecular weight excluding hydrogens is 286 g/mol. The van der Waals surface area contributed by atoms with E-state index >= 15 is 0 Å². The highest BCUT2D eigenvalue weighted by Gasteiger charge is 2.10. The van der Waals surface area contributed by atoms with E-state index in [1.54, 1.807) is 48.7 Å². The number of pyridine rings is 1. The third kappa shape index (κ3) is 2.66. The predicted octanol–water partition coefficient (Wildman–Crippen LogP) is 3.72. The number of nitrogens with one attached hydrogen (secondary N) is 1. The van der Waals surface area contributed by atoms with Gasteiger partial charge in [-0.2, -0.15) is 0 Å². The number of fused-ring (bicyclic) bond motifs is 1. The van der Waals surface area contributed by atoms with Gasteiger partial charge in [-0.3, -0.25) is 9.78 Å². The van der Waals surface area contributed by atoms with E-state index < -0.39 is 0 Å². The first-order valence-electron chi connectivity index (χ1n) is 6.35. The van der Waals surface area contributed by atoms with Gasteiger partial charge in [0.15, 0.2) is 0 Å². The smallest absolute Gasteiger partial charge is 0.255 e. The largest absolute Gasteiger partial charge is 0.397 e. The molecule has 104 valence electrons. The minimum atomic E-state index is -0.207. The summed E-state index contributed by atoms with van der Waals surface area (Å²) in [5, 5.41) is 4.27. The number of amides is 1. The van der Waals surface area contributed by atoms with Gasteiger partial charge in [0.1, 0.15) is 0 Å². The van der Waals surface area contributed by atoms with Crippen molar-refractivity contribution in [3.05, 3.63) is 65.3 Å². The number of nitrogens with two attached hydrogens (primary N) is 1. The fourth-order valence-electron chi connectivity index (χ4n) is 2.10. The first-order valence-corrected chi connectivity index (χ1v) is 6.73. The summed E-state index contributed by atoms with van der Waals surface area (Å²) in [6.07, 6.45) is 1.67. The van der Waals surface area contributed by atoms with Crippen LogP contribution < -0.4 is 11.1 Å². The third-order valence-corrected chi connectivity index (χ3v) is 3.41. The number of carbonyl (C=O) groups is 1. The maximum atomic E-state index is 12.2. The van der Waals surface area contributed by atoms with E-state index in [9.17, 15) is 4.79 Å². The van der Waals surface area contributed by atoms with Crippen LogP contribution in [0.15, 0.2) is 54.7 Å². The van der Waals surface area contributed by atoms with Gasteiger partial charge in [0.05, 0.1) is 16.9 Å². The number of nitrogen functional groups attached to an aromatic ring is 1. The molecular formula is C16H12ClN3O. The molecule has 0 saturated carbocycles. The van der Waals surface area contributed by atoms with Gasteiger partial charge in [0.2, 0.25) is 0 Å². The molecule has 0 aliphatic heterocycles. The van der Waals surface area contributed by atoms with Crippen molar-refractivity contribution in [2.75, 3.05) is 11.1 Å². The molecule has 4 nitrogen and oxygen atoms in total. The van der Waals surface area contributed by atoms with E-state index in [-0.39, 0.29) is 5.91 Å². The van der Waals surface area contributed by atoms with Crippen molar-refractivity contribution in [1.82, 2.24) is 4.98 Å². The Bertz CT molecular complexity index is 815. The average Bonchev–Trinajstić information content (AvgIpc) is 2.51. The zero-order valence-corrected chi connectivity index (χ0v) is 11.8. The Labute approximate surface area is 126 Å². The standard InChI is InChI=1S/C16H12ClN3O/c17-11-5-3-10(4-6-11)16(21)20-14-8-7-13(18)15-12(14)2-1-9-19-15/h1-9H,18H2,(H,20,21). The number of rotatable bonds is 2. The number of benzene rings is 2. The highest BCUT2D eigenvalue weighted by Crippen LogP contribution is 2.26. The molecule has 0 radical (unpaired) electrons. The zero-order chi connectivity index (χ0) is 14.8. The van der Waals surface area contributed by atoms with Gasteiger partial charge in [-0.25, -0.2) is 0 Å². The lowest BCUT2D eigenvalue weighted by molar-refractivity contribution is 0.102. The van der Waals surface area contributed by atoms with E-state index in [2.05, 4.69) is 10.3 Å². The fourth-order valence-corrected chi connectivity index (χ4v) is 2.23. The number of nitrogens with zero attached hydrogens (tertiary/aromatic N) is 1. The lowest BCUT2D eigenvalue weighted by atomic mass is 10.1. The van der Waals surface area contributed by atoms with E-state index in [1.165, 1.54) is 0 Å². The van der Waals surface area contributed by atoms with Crippen LogP contribution in [0.1, 0.15) is 10.4 Å². The molecule has 0 saturated heterocycles. The zero-order valence-electron chi connectivity index (χ0n) is 11.0. The summed E-state index contributed by atoms with van der Waals surface area (Å²) in [5.41, 5.74) is 8.35. The molecule has 2 aromatic carbocycles. The molecule has 21 heavy (non-hydrogen) atoms. The Morgan fingerprint density at radius 3 is 2.62 bits per heavy atom. The Morgan fingerprint density at radius 1 is 1.10 bits per heavy atom. The number of hydrogen-bond donors (Lipinski definition) is 2. The second-order valence-electron chi connectivity index (χ2n) is 4.56. The second-order valence-corrected chi connectivity index (χ2v) is 5.00. The summed E-state index contributed by atoms with van der Waals surface area (Å²) < 4.78 is 0. The molecule has 3 rings (SSSR count). The highest BCUT2D eigenvalue weighted by molar-refractivity contribution is 6.30. The maximum Gasteiger partial charge on any atom is 0.255 e. The molecule has 0 fully saturated rings. The number of halogens is 1. The maximum absolute atomic E-state index is 12.2. The molecule has 0 spiro atoms. The van der Waals surface area contributed by atoms with Crippen LogP contribution in [0.25, 0.3) is 10.9 Å². The van der Waals surface area contributed by atoms with Gasteiger partial charge in [0.25, 0.3) is 5.91 Å². The van der Waals surface area contributed by atoms with Crippen LogP contribution in [0.2, 0.25) is 5.02 Å². The molecule has 5 heteroatoms. The normalized spacial score (nSPS) is 10.5. The Morgan fingerprint density at radius 2 is 1.86 bits per heavy atom. The topological polar surface area (TPSA) is 68.0 Å². The van der Waals surface area contributed by atoms with Crippen molar-refractivity contribution in [3.63, 3.8) is 0 Å². The SMILES string of the molecule is Nc1ccc(NC(=O)c2ccc(Cl)cc2)c2cccnc12. The van der Waals surface area contributed by atoms with Gasteiger partial charge >= 0.3 is 0 Å². The van der Waals surface area contributed by atoms with Crippen molar-refractivity contribution in [2.45, 2.75) is 0 Å². The monoisotopic (exact) mass is 297 g/mol. The van der Waals surface area contributed by atoms with Crippen molar-refractivity contribution in [3.8, 4) is 0 Å². The van der Waals surface area contributed by atoms with E-state index in [0.717, 1.165) is 5.39 Å².